The number of hydrogen-bond donors (Lipinski definition) is 0. The molecule has 0 radical (unpaired) electrons. The predicted molar refractivity (Wildman–Crippen MR) is 87.5 cm³/mol. The minimum absolute atomic E-state index is 0.287. The van der Waals surface area contributed by atoms with Gasteiger partial charge in [0.05, 0.1) is 12.8 Å². The lowest BCUT2D eigenvalue weighted by atomic mass is 10.1. The standard InChI is InChI=1S/C19H15NO3/c1-22-19(21)18-9-5-8-17(20-18)14-10-12-16(13-11-14)23-15-6-3-2-4-7-15/h2-13H,1H3. The minimum Gasteiger partial charge on any atom is -0.464 e. The Morgan fingerprint density at radius 1 is 0.826 bits per heavy atom. The van der Waals surface area contributed by atoms with Crippen molar-refractivity contribution in [3.05, 3.63) is 78.5 Å². The molecule has 4 nitrogen and oxygen atoms in total. The molecule has 0 unspecified atom stereocenters. The van der Waals surface area contributed by atoms with E-state index in [4.69, 9.17) is 9.47 Å². The van der Waals surface area contributed by atoms with E-state index in [-0.39, 0.29) is 5.69 Å². The normalized spacial score (nSPS) is 10.1. The van der Waals surface area contributed by atoms with Crippen molar-refractivity contribution in [2.75, 3.05) is 7.11 Å². The van der Waals surface area contributed by atoms with Gasteiger partial charge in [-0.05, 0) is 48.5 Å². The fourth-order valence-electron chi connectivity index (χ4n) is 2.13. The Labute approximate surface area is 134 Å². The average molecular weight is 305 g/mol. The zero-order valence-electron chi connectivity index (χ0n) is 12.6. The molecule has 0 aliphatic heterocycles. The molecule has 0 saturated heterocycles. The Balaban J connectivity index is 1.81. The third-order valence-electron chi connectivity index (χ3n) is 3.27. The lowest BCUT2D eigenvalue weighted by molar-refractivity contribution is 0.0594. The number of hydrogen-bond acceptors (Lipinski definition) is 4. The molecule has 1 heterocycles. The van der Waals surface area contributed by atoms with Crippen LogP contribution in [0.5, 0.6) is 11.5 Å². The van der Waals surface area contributed by atoms with Gasteiger partial charge in [-0.25, -0.2) is 9.78 Å². The molecule has 0 spiro atoms. The first-order chi connectivity index (χ1) is 11.3. The van der Waals surface area contributed by atoms with Crippen LogP contribution in [0.4, 0.5) is 0 Å². The molecular formula is C19H15NO3. The van der Waals surface area contributed by atoms with E-state index in [1.165, 1.54) is 7.11 Å². The second-order valence-corrected chi connectivity index (χ2v) is 4.84. The van der Waals surface area contributed by atoms with Gasteiger partial charge in [-0.3, -0.25) is 0 Å². The summed E-state index contributed by atoms with van der Waals surface area (Å²) in [4.78, 5) is 15.9. The van der Waals surface area contributed by atoms with Gasteiger partial charge in [0.15, 0.2) is 0 Å². The number of pyridine rings is 1. The third-order valence-corrected chi connectivity index (χ3v) is 3.27. The maximum Gasteiger partial charge on any atom is 0.356 e. The molecule has 0 fully saturated rings. The summed E-state index contributed by atoms with van der Waals surface area (Å²) >= 11 is 0. The van der Waals surface area contributed by atoms with Crippen LogP contribution in [0.15, 0.2) is 72.8 Å². The van der Waals surface area contributed by atoms with Gasteiger partial charge in [0.25, 0.3) is 0 Å². The van der Waals surface area contributed by atoms with Crippen molar-refractivity contribution in [1.82, 2.24) is 4.98 Å². The number of rotatable bonds is 4. The minimum atomic E-state index is -0.448. The second kappa shape index (κ2) is 6.75. The highest BCUT2D eigenvalue weighted by Gasteiger charge is 2.08. The van der Waals surface area contributed by atoms with Crippen LogP contribution in [0.3, 0.4) is 0 Å². The fraction of sp³-hybridized carbons (Fsp3) is 0.0526. The number of carbonyl (C=O) groups excluding carboxylic acids is 1. The maximum absolute atomic E-state index is 11.5. The van der Waals surface area contributed by atoms with Crippen molar-refractivity contribution < 1.29 is 14.3 Å². The van der Waals surface area contributed by atoms with Crippen molar-refractivity contribution in [2.45, 2.75) is 0 Å². The van der Waals surface area contributed by atoms with E-state index in [2.05, 4.69) is 4.98 Å². The summed E-state index contributed by atoms with van der Waals surface area (Å²) in [7, 11) is 1.34. The van der Waals surface area contributed by atoms with Crippen molar-refractivity contribution in [3.8, 4) is 22.8 Å². The first-order valence-electron chi connectivity index (χ1n) is 7.15. The summed E-state index contributed by atoms with van der Waals surface area (Å²) in [5.41, 5.74) is 1.89. The number of para-hydroxylation sites is 1. The Morgan fingerprint density at radius 2 is 1.52 bits per heavy atom. The molecule has 0 atom stereocenters. The van der Waals surface area contributed by atoms with Gasteiger partial charge >= 0.3 is 5.97 Å². The molecule has 1 aromatic heterocycles. The number of esters is 1. The molecule has 0 bridgehead atoms. The third kappa shape index (κ3) is 3.55. The Hall–Kier alpha value is -3.14. The second-order valence-electron chi connectivity index (χ2n) is 4.84. The molecule has 0 aliphatic carbocycles. The van der Waals surface area contributed by atoms with Gasteiger partial charge in [0, 0.05) is 5.56 Å². The topological polar surface area (TPSA) is 48.4 Å². The smallest absolute Gasteiger partial charge is 0.356 e. The lowest BCUT2D eigenvalue weighted by Gasteiger charge is -2.07. The van der Waals surface area contributed by atoms with E-state index in [9.17, 15) is 4.79 Å². The van der Waals surface area contributed by atoms with Crippen molar-refractivity contribution >= 4 is 5.97 Å². The number of aromatic nitrogens is 1. The monoisotopic (exact) mass is 305 g/mol. The summed E-state index contributed by atoms with van der Waals surface area (Å²) in [6.45, 7) is 0. The van der Waals surface area contributed by atoms with Gasteiger partial charge in [-0.1, -0.05) is 24.3 Å². The lowest BCUT2D eigenvalue weighted by Crippen LogP contribution is -2.04. The number of methoxy groups -OCH3 is 1. The van der Waals surface area contributed by atoms with Crippen LogP contribution in [0.25, 0.3) is 11.3 Å². The van der Waals surface area contributed by atoms with E-state index in [1.807, 2.05) is 60.7 Å². The van der Waals surface area contributed by atoms with Crippen LogP contribution in [0.2, 0.25) is 0 Å². The van der Waals surface area contributed by atoms with Crippen molar-refractivity contribution in [2.24, 2.45) is 0 Å². The quantitative estimate of drug-likeness (QED) is 0.673. The van der Waals surface area contributed by atoms with Crippen molar-refractivity contribution in [1.29, 1.82) is 0 Å². The maximum atomic E-state index is 11.5. The molecule has 23 heavy (non-hydrogen) atoms. The van der Waals surface area contributed by atoms with Gasteiger partial charge in [0.1, 0.15) is 17.2 Å². The molecule has 3 aromatic rings. The Kier molecular flexibility index (Phi) is 4.34. The van der Waals surface area contributed by atoms with E-state index >= 15 is 0 Å². The summed E-state index contributed by atoms with van der Waals surface area (Å²) in [5, 5.41) is 0. The number of ether oxygens (including phenoxy) is 2. The van der Waals surface area contributed by atoms with E-state index in [1.54, 1.807) is 12.1 Å². The summed E-state index contributed by atoms with van der Waals surface area (Å²) in [5.74, 6) is 1.08. The van der Waals surface area contributed by atoms with Crippen molar-refractivity contribution in [3.63, 3.8) is 0 Å². The van der Waals surface area contributed by atoms with Gasteiger partial charge in [-0.2, -0.15) is 0 Å². The largest absolute Gasteiger partial charge is 0.464 e. The highest BCUT2D eigenvalue weighted by atomic mass is 16.5. The molecule has 0 N–H and O–H groups in total. The molecule has 2 aromatic carbocycles. The highest BCUT2D eigenvalue weighted by Crippen LogP contribution is 2.25. The molecule has 0 aliphatic rings. The number of benzene rings is 2. The molecule has 3 rings (SSSR count). The SMILES string of the molecule is COC(=O)c1cccc(-c2ccc(Oc3ccccc3)cc2)n1. The van der Waals surface area contributed by atoms with Crippen LogP contribution in [-0.2, 0) is 4.74 Å². The summed E-state index contributed by atoms with van der Waals surface area (Å²) in [6.07, 6.45) is 0. The van der Waals surface area contributed by atoms with Crippen LogP contribution in [0, 0.1) is 0 Å². The molecular weight excluding hydrogens is 290 g/mol. The fourth-order valence-corrected chi connectivity index (χ4v) is 2.13. The Morgan fingerprint density at radius 3 is 2.22 bits per heavy atom. The van der Waals surface area contributed by atoms with E-state index in [0.717, 1.165) is 17.1 Å². The first-order valence-corrected chi connectivity index (χ1v) is 7.15. The number of nitrogens with zero attached hydrogens (tertiary/aromatic N) is 1. The molecule has 0 saturated carbocycles. The zero-order chi connectivity index (χ0) is 16.1. The Bertz CT molecular complexity index is 798. The van der Waals surface area contributed by atoms with Gasteiger partial charge < -0.3 is 9.47 Å². The highest BCUT2D eigenvalue weighted by molar-refractivity contribution is 5.87. The first kappa shape index (κ1) is 14.8. The van der Waals surface area contributed by atoms with Crippen LogP contribution in [-0.4, -0.2) is 18.1 Å². The molecule has 114 valence electrons. The van der Waals surface area contributed by atoms with Crippen LogP contribution in [0.1, 0.15) is 10.5 Å². The summed E-state index contributed by atoms with van der Waals surface area (Å²) < 4.78 is 10.4. The number of carbonyl (C=O) groups is 1. The van der Waals surface area contributed by atoms with E-state index in [0.29, 0.717) is 5.69 Å². The van der Waals surface area contributed by atoms with Crippen LogP contribution >= 0.6 is 0 Å². The van der Waals surface area contributed by atoms with Gasteiger partial charge in [0.2, 0.25) is 0 Å². The average Bonchev–Trinajstić information content (AvgIpc) is 2.62. The molecule has 0 amide bonds. The summed E-state index contributed by atoms with van der Waals surface area (Å²) in [6, 6.07) is 22.4. The van der Waals surface area contributed by atoms with Gasteiger partial charge in [-0.15, -0.1) is 0 Å². The molecule has 4 heteroatoms. The van der Waals surface area contributed by atoms with Crippen LogP contribution < -0.4 is 4.74 Å². The van der Waals surface area contributed by atoms with E-state index < -0.39 is 5.97 Å². The zero-order valence-corrected chi connectivity index (χ0v) is 12.6. The predicted octanol–water partition coefficient (Wildman–Crippen LogP) is 4.33.